The van der Waals surface area contributed by atoms with Gasteiger partial charge in [-0.25, -0.2) is 4.79 Å². The van der Waals surface area contributed by atoms with Crippen LogP contribution in [0.25, 0.3) is 0 Å². The first kappa shape index (κ1) is 16.8. The molecule has 1 N–H and O–H groups in total. The molecule has 3 amide bonds. The fourth-order valence-corrected chi connectivity index (χ4v) is 3.40. The number of aryl methyl sites for hydroxylation is 1. The lowest BCUT2D eigenvalue weighted by atomic mass is 9.92. The van der Waals surface area contributed by atoms with Gasteiger partial charge in [0, 0.05) is 26.2 Å². The Kier molecular flexibility index (Phi) is 5.38. The molecule has 2 aliphatic rings. The summed E-state index contributed by atoms with van der Waals surface area (Å²) in [5, 5.41) is 2.91. The van der Waals surface area contributed by atoms with Gasteiger partial charge in [-0.05, 0) is 44.1 Å². The number of likely N-dealkylation sites (tertiary alicyclic amines) is 1. The van der Waals surface area contributed by atoms with Crippen molar-refractivity contribution in [2.45, 2.75) is 50.6 Å². The van der Waals surface area contributed by atoms with Crippen LogP contribution in [-0.2, 0) is 11.2 Å². The van der Waals surface area contributed by atoms with Crippen molar-refractivity contribution in [3.63, 3.8) is 0 Å². The fourth-order valence-electron chi connectivity index (χ4n) is 3.40. The summed E-state index contributed by atoms with van der Waals surface area (Å²) < 4.78 is 0. The van der Waals surface area contributed by atoms with Crippen LogP contribution in [0.5, 0.6) is 0 Å². The smallest absolute Gasteiger partial charge is 0.318 e. The topological polar surface area (TPSA) is 52.7 Å². The summed E-state index contributed by atoms with van der Waals surface area (Å²) in [6.45, 7) is 1.50. The molecule has 1 aromatic carbocycles. The highest BCUT2D eigenvalue weighted by Crippen LogP contribution is 2.23. The lowest BCUT2D eigenvalue weighted by Crippen LogP contribution is -2.51. The number of benzene rings is 1. The van der Waals surface area contributed by atoms with E-state index in [1.165, 1.54) is 12.0 Å². The van der Waals surface area contributed by atoms with Gasteiger partial charge < -0.3 is 15.1 Å². The molecule has 24 heavy (non-hydrogen) atoms. The van der Waals surface area contributed by atoms with E-state index in [-0.39, 0.29) is 18.0 Å². The fraction of sp³-hybridized carbons (Fsp3) is 0.579. The van der Waals surface area contributed by atoms with Crippen molar-refractivity contribution in [2.24, 2.45) is 0 Å². The number of nitrogens with one attached hydrogen (secondary N) is 1. The van der Waals surface area contributed by atoms with Crippen LogP contribution in [0.15, 0.2) is 30.3 Å². The molecule has 0 aromatic heterocycles. The number of carbonyl (C=O) groups excluding carboxylic acids is 2. The van der Waals surface area contributed by atoms with Crippen LogP contribution in [0.2, 0.25) is 0 Å². The summed E-state index contributed by atoms with van der Waals surface area (Å²) in [6, 6.07) is 10.2. The van der Waals surface area contributed by atoms with Crippen molar-refractivity contribution in [1.29, 1.82) is 0 Å². The van der Waals surface area contributed by atoms with Gasteiger partial charge in [0.2, 0.25) is 5.91 Å². The van der Waals surface area contributed by atoms with Gasteiger partial charge in [0.25, 0.3) is 0 Å². The molecule has 0 bridgehead atoms. The van der Waals surface area contributed by atoms with Gasteiger partial charge in [-0.3, -0.25) is 4.79 Å². The molecule has 0 unspecified atom stereocenters. The largest absolute Gasteiger partial charge is 0.341 e. The maximum absolute atomic E-state index is 12.5. The van der Waals surface area contributed by atoms with Crippen molar-refractivity contribution in [1.82, 2.24) is 15.1 Å². The van der Waals surface area contributed by atoms with Crippen LogP contribution in [0.4, 0.5) is 4.79 Å². The van der Waals surface area contributed by atoms with Crippen LogP contribution in [-0.4, -0.2) is 54.0 Å². The number of hydrogen-bond acceptors (Lipinski definition) is 2. The zero-order chi connectivity index (χ0) is 16.9. The van der Waals surface area contributed by atoms with Gasteiger partial charge in [0.15, 0.2) is 0 Å². The van der Waals surface area contributed by atoms with Crippen molar-refractivity contribution in [3.8, 4) is 0 Å². The second-order valence-corrected chi connectivity index (χ2v) is 6.90. The minimum absolute atomic E-state index is 0.0680. The second kappa shape index (κ2) is 7.69. The minimum Gasteiger partial charge on any atom is -0.341 e. The van der Waals surface area contributed by atoms with Crippen LogP contribution in [0, 0.1) is 0 Å². The Balaban J connectivity index is 1.42. The third kappa shape index (κ3) is 3.89. The summed E-state index contributed by atoms with van der Waals surface area (Å²) in [5.74, 6) is 0.0680. The zero-order valence-corrected chi connectivity index (χ0v) is 14.4. The van der Waals surface area contributed by atoms with E-state index in [0.717, 1.165) is 38.8 Å². The molecular weight excluding hydrogens is 302 g/mol. The molecule has 1 aromatic rings. The molecular formula is C19H27N3O2. The summed E-state index contributed by atoms with van der Waals surface area (Å²) in [5.41, 5.74) is 1.30. The third-order valence-corrected chi connectivity index (χ3v) is 5.27. The summed E-state index contributed by atoms with van der Waals surface area (Å²) >= 11 is 0. The number of urea groups is 1. The highest BCUT2D eigenvalue weighted by atomic mass is 16.2. The monoisotopic (exact) mass is 329 g/mol. The zero-order valence-electron chi connectivity index (χ0n) is 14.4. The van der Waals surface area contributed by atoms with Crippen molar-refractivity contribution < 1.29 is 9.59 Å². The summed E-state index contributed by atoms with van der Waals surface area (Å²) in [7, 11) is 1.83. The quantitative estimate of drug-likeness (QED) is 0.871. The van der Waals surface area contributed by atoms with Crippen molar-refractivity contribution in [2.75, 3.05) is 20.1 Å². The summed E-state index contributed by atoms with van der Waals surface area (Å²) in [6.07, 6.45) is 6.00. The van der Waals surface area contributed by atoms with Gasteiger partial charge in [0.05, 0.1) is 0 Å². The molecule has 130 valence electrons. The Hall–Kier alpha value is -2.04. The first-order chi connectivity index (χ1) is 11.6. The lowest BCUT2D eigenvalue weighted by Gasteiger charge is -2.35. The standard InChI is InChI=1S/C19H27N3O2/c1-21(16-10-5-11-16)19(24)20-17-12-14-22(18(17)23)13-6-9-15-7-3-2-4-8-15/h2-4,7-8,16-17H,5-6,9-14H2,1H3,(H,20,24)/t17-/m1/s1. The number of carbonyl (C=O) groups is 2. The van der Waals surface area contributed by atoms with E-state index >= 15 is 0 Å². The Labute approximate surface area is 144 Å². The Bertz CT molecular complexity index is 571. The number of rotatable bonds is 6. The molecule has 5 nitrogen and oxygen atoms in total. The third-order valence-electron chi connectivity index (χ3n) is 5.27. The molecule has 2 fully saturated rings. The average molecular weight is 329 g/mol. The van der Waals surface area contributed by atoms with E-state index in [1.54, 1.807) is 4.90 Å². The van der Waals surface area contributed by atoms with E-state index in [9.17, 15) is 9.59 Å². The molecule has 0 radical (unpaired) electrons. The predicted molar refractivity (Wildman–Crippen MR) is 93.7 cm³/mol. The van der Waals surface area contributed by atoms with Crippen LogP contribution >= 0.6 is 0 Å². The number of hydrogen-bond donors (Lipinski definition) is 1. The Morgan fingerprint density at radius 2 is 2.00 bits per heavy atom. The minimum atomic E-state index is -0.350. The Morgan fingerprint density at radius 3 is 2.67 bits per heavy atom. The van der Waals surface area contributed by atoms with Crippen LogP contribution < -0.4 is 5.32 Å². The van der Waals surface area contributed by atoms with Crippen LogP contribution in [0.3, 0.4) is 0 Å². The second-order valence-electron chi connectivity index (χ2n) is 6.90. The highest BCUT2D eigenvalue weighted by Gasteiger charge is 2.34. The molecule has 1 aliphatic carbocycles. The van der Waals surface area contributed by atoms with E-state index in [0.29, 0.717) is 12.5 Å². The first-order valence-electron chi connectivity index (χ1n) is 9.01. The van der Waals surface area contributed by atoms with Gasteiger partial charge in [-0.1, -0.05) is 30.3 Å². The van der Waals surface area contributed by atoms with Crippen molar-refractivity contribution >= 4 is 11.9 Å². The first-order valence-corrected chi connectivity index (χ1v) is 9.01. The van der Waals surface area contributed by atoms with E-state index < -0.39 is 0 Å². The van der Waals surface area contributed by atoms with Gasteiger partial charge >= 0.3 is 6.03 Å². The lowest BCUT2D eigenvalue weighted by molar-refractivity contribution is -0.129. The molecule has 1 saturated carbocycles. The molecule has 5 heteroatoms. The molecule has 1 saturated heterocycles. The van der Waals surface area contributed by atoms with Crippen LogP contribution in [0.1, 0.15) is 37.7 Å². The maximum Gasteiger partial charge on any atom is 0.318 e. The van der Waals surface area contributed by atoms with Gasteiger partial charge in [-0.15, -0.1) is 0 Å². The Morgan fingerprint density at radius 1 is 1.25 bits per heavy atom. The highest BCUT2D eigenvalue weighted by molar-refractivity contribution is 5.88. The van der Waals surface area contributed by atoms with Gasteiger partial charge in [0.1, 0.15) is 6.04 Å². The van der Waals surface area contributed by atoms with Gasteiger partial charge in [-0.2, -0.15) is 0 Å². The van der Waals surface area contributed by atoms with E-state index in [2.05, 4.69) is 17.4 Å². The average Bonchev–Trinajstić information content (AvgIpc) is 2.87. The molecule has 1 heterocycles. The molecule has 3 rings (SSSR count). The van der Waals surface area contributed by atoms with Crippen molar-refractivity contribution in [3.05, 3.63) is 35.9 Å². The maximum atomic E-state index is 12.5. The SMILES string of the molecule is CN(C(=O)N[C@@H]1CCN(CCCc2ccccc2)C1=O)C1CCC1. The molecule has 0 spiro atoms. The predicted octanol–water partition coefficient (Wildman–Crippen LogP) is 2.41. The van der Waals surface area contributed by atoms with E-state index in [1.807, 2.05) is 30.1 Å². The normalized spacial score (nSPS) is 20.8. The summed E-state index contributed by atoms with van der Waals surface area (Å²) in [4.78, 5) is 28.3. The van der Waals surface area contributed by atoms with E-state index in [4.69, 9.17) is 0 Å². The molecule has 1 aliphatic heterocycles. The number of nitrogens with zero attached hydrogens (tertiary/aromatic N) is 2. The molecule has 1 atom stereocenters. The number of amides is 3.